The Kier molecular flexibility index (Phi) is 3.88. The number of urea groups is 1. The molecule has 1 saturated heterocycles. The Labute approximate surface area is 149 Å². The zero-order chi connectivity index (χ0) is 18.4. The third-order valence-electron chi connectivity index (χ3n) is 4.85. The Bertz CT molecular complexity index is 884. The van der Waals surface area contributed by atoms with Crippen molar-refractivity contribution < 1.29 is 23.9 Å². The Morgan fingerprint density at radius 3 is 2.58 bits per heavy atom. The summed E-state index contributed by atoms with van der Waals surface area (Å²) < 4.78 is 18.3. The van der Waals surface area contributed by atoms with Crippen LogP contribution in [-0.4, -0.2) is 40.3 Å². The van der Waals surface area contributed by atoms with Crippen molar-refractivity contribution in [2.45, 2.75) is 19.0 Å². The van der Waals surface area contributed by atoms with E-state index in [2.05, 4.69) is 0 Å². The van der Waals surface area contributed by atoms with E-state index in [0.717, 1.165) is 11.1 Å². The minimum atomic E-state index is -0.881. The molecule has 0 saturated carbocycles. The maximum atomic E-state index is 13.2. The van der Waals surface area contributed by atoms with Crippen molar-refractivity contribution >= 4 is 12.0 Å². The molecule has 1 fully saturated rings. The number of carbonyl (C=O) groups is 2. The van der Waals surface area contributed by atoms with Crippen LogP contribution in [0.1, 0.15) is 30.1 Å². The molecule has 2 atom stereocenters. The summed E-state index contributed by atoms with van der Waals surface area (Å²) in [6.07, 6.45) is 0. The Balaban J connectivity index is 1.82. The molecule has 0 radical (unpaired) electrons. The fourth-order valence-corrected chi connectivity index (χ4v) is 3.63. The minimum absolute atomic E-state index is 0.201. The molecule has 2 amide bonds. The predicted molar refractivity (Wildman–Crippen MR) is 89.7 cm³/mol. The number of amides is 2. The lowest BCUT2D eigenvalue weighted by Gasteiger charge is -2.31. The van der Waals surface area contributed by atoms with Crippen LogP contribution in [0.25, 0.3) is 11.1 Å². The number of hydroxylamine groups is 2. The maximum Gasteiger partial charge on any atom is 0.345 e. The third-order valence-corrected chi connectivity index (χ3v) is 4.85. The molecule has 2 aromatic carbocycles. The second-order valence-electron chi connectivity index (χ2n) is 6.30. The first-order valence-corrected chi connectivity index (χ1v) is 8.36. The van der Waals surface area contributed by atoms with Crippen molar-refractivity contribution in [3.05, 3.63) is 59.4 Å². The van der Waals surface area contributed by atoms with Gasteiger partial charge in [0.1, 0.15) is 11.9 Å². The summed E-state index contributed by atoms with van der Waals surface area (Å²) in [5.41, 5.74) is 2.94. The zero-order valence-corrected chi connectivity index (χ0v) is 14.1. The van der Waals surface area contributed by atoms with Gasteiger partial charge in [0.15, 0.2) is 6.04 Å². The quantitative estimate of drug-likeness (QED) is 0.677. The van der Waals surface area contributed by atoms with Crippen molar-refractivity contribution in [2.24, 2.45) is 0 Å². The van der Waals surface area contributed by atoms with Crippen LogP contribution in [0, 0.1) is 5.82 Å². The zero-order valence-electron chi connectivity index (χ0n) is 14.1. The first-order chi connectivity index (χ1) is 12.5. The second kappa shape index (κ2) is 6.10. The number of ether oxygens (including phenoxy) is 1. The lowest BCUT2D eigenvalue weighted by atomic mass is 9.88. The van der Waals surface area contributed by atoms with Gasteiger partial charge in [0.2, 0.25) is 0 Å². The second-order valence-corrected chi connectivity index (χ2v) is 6.30. The molecule has 2 bridgehead atoms. The third kappa shape index (κ3) is 2.43. The van der Waals surface area contributed by atoms with Crippen molar-refractivity contribution in [2.75, 3.05) is 13.2 Å². The highest BCUT2D eigenvalue weighted by molar-refractivity contribution is 5.88. The van der Waals surface area contributed by atoms with Gasteiger partial charge in [0.05, 0.1) is 13.2 Å². The topological polar surface area (TPSA) is 70.1 Å². The lowest BCUT2D eigenvalue weighted by Crippen LogP contribution is -2.39. The van der Waals surface area contributed by atoms with E-state index in [4.69, 9.17) is 4.74 Å². The average molecular weight is 356 g/mol. The highest BCUT2D eigenvalue weighted by Gasteiger charge is 2.50. The summed E-state index contributed by atoms with van der Waals surface area (Å²) >= 11 is 0. The van der Waals surface area contributed by atoms with Gasteiger partial charge in [-0.15, -0.1) is 0 Å². The van der Waals surface area contributed by atoms with E-state index in [1.165, 1.54) is 17.0 Å². The van der Waals surface area contributed by atoms with Gasteiger partial charge in [-0.1, -0.05) is 24.3 Å². The summed E-state index contributed by atoms with van der Waals surface area (Å²) in [5, 5.41) is 10.8. The molecule has 0 spiro atoms. The minimum Gasteiger partial charge on any atom is -0.464 e. The summed E-state index contributed by atoms with van der Waals surface area (Å²) in [4.78, 5) is 26.1. The number of fused-ring (bicyclic) bond motifs is 4. The summed E-state index contributed by atoms with van der Waals surface area (Å²) in [6.45, 7) is 2.11. The number of hydrogen-bond acceptors (Lipinski definition) is 4. The Morgan fingerprint density at radius 2 is 1.88 bits per heavy atom. The first-order valence-electron chi connectivity index (χ1n) is 8.36. The number of esters is 1. The molecule has 2 aromatic rings. The fraction of sp³-hybridized carbons (Fsp3) is 0.263. The van der Waals surface area contributed by atoms with Crippen molar-refractivity contribution in [1.82, 2.24) is 9.96 Å². The van der Waals surface area contributed by atoms with E-state index in [1.54, 1.807) is 25.1 Å². The normalized spacial score (nSPS) is 21.0. The number of rotatable bonds is 3. The van der Waals surface area contributed by atoms with Crippen LogP contribution < -0.4 is 0 Å². The molecule has 7 heteroatoms. The van der Waals surface area contributed by atoms with E-state index >= 15 is 0 Å². The smallest absolute Gasteiger partial charge is 0.345 e. The molecule has 2 aliphatic heterocycles. The first kappa shape index (κ1) is 16.5. The number of nitrogens with zero attached hydrogens (tertiary/aromatic N) is 2. The van der Waals surface area contributed by atoms with Gasteiger partial charge < -0.3 is 9.64 Å². The van der Waals surface area contributed by atoms with Crippen LogP contribution in [0.4, 0.5) is 9.18 Å². The van der Waals surface area contributed by atoms with Gasteiger partial charge in [-0.25, -0.2) is 14.0 Å². The van der Waals surface area contributed by atoms with E-state index in [0.29, 0.717) is 16.2 Å². The van der Waals surface area contributed by atoms with Crippen LogP contribution in [0.2, 0.25) is 0 Å². The lowest BCUT2D eigenvalue weighted by molar-refractivity contribution is -0.148. The predicted octanol–water partition coefficient (Wildman–Crippen LogP) is 3.28. The number of hydrogen-bond donors (Lipinski definition) is 1. The van der Waals surface area contributed by atoms with Crippen LogP contribution in [0.15, 0.2) is 42.5 Å². The van der Waals surface area contributed by atoms with Crippen molar-refractivity contribution in [1.29, 1.82) is 0 Å². The molecule has 6 nitrogen and oxygen atoms in total. The van der Waals surface area contributed by atoms with Crippen LogP contribution in [0.3, 0.4) is 0 Å². The van der Waals surface area contributed by atoms with E-state index in [9.17, 15) is 19.2 Å². The van der Waals surface area contributed by atoms with E-state index in [-0.39, 0.29) is 19.0 Å². The maximum absolute atomic E-state index is 13.2. The monoisotopic (exact) mass is 356 g/mol. The van der Waals surface area contributed by atoms with Gasteiger partial charge >= 0.3 is 12.0 Å². The van der Waals surface area contributed by atoms with Gasteiger partial charge in [0, 0.05) is 0 Å². The van der Waals surface area contributed by atoms with E-state index in [1.807, 2.05) is 12.1 Å². The summed E-state index contributed by atoms with van der Waals surface area (Å²) in [7, 11) is 0. The van der Waals surface area contributed by atoms with Crippen LogP contribution in [0.5, 0.6) is 0 Å². The molecule has 0 aromatic heterocycles. The SMILES string of the molecule is CCOC(=O)[C@H]1c2ccc(-c3ccc(F)cc3)cc2[C@H]2CN1C(=O)N2O. The molecule has 2 heterocycles. The molecule has 1 N–H and O–H groups in total. The van der Waals surface area contributed by atoms with Gasteiger partial charge in [0.25, 0.3) is 0 Å². The van der Waals surface area contributed by atoms with Crippen molar-refractivity contribution in [3.63, 3.8) is 0 Å². The standard InChI is InChI=1S/C19H17FN2O4/c1-2-26-18(23)17-14-8-5-12(11-3-6-13(20)7-4-11)9-15(14)16-10-21(17)19(24)22(16)25/h3-9,16-17,25H,2,10H2,1H3/t16-,17-/m1/s1. The molecule has 134 valence electrons. The Morgan fingerprint density at radius 1 is 1.19 bits per heavy atom. The molecule has 26 heavy (non-hydrogen) atoms. The average Bonchev–Trinajstić information content (AvgIpc) is 2.89. The molecular weight excluding hydrogens is 339 g/mol. The molecule has 0 unspecified atom stereocenters. The largest absolute Gasteiger partial charge is 0.464 e. The molecule has 2 aliphatic rings. The Hall–Kier alpha value is -2.93. The highest BCUT2D eigenvalue weighted by atomic mass is 19.1. The van der Waals surface area contributed by atoms with Gasteiger partial charge in [-0.05, 0) is 47.4 Å². The number of carbonyl (C=O) groups excluding carboxylic acids is 2. The summed E-state index contributed by atoms with van der Waals surface area (Å²) in [5.74, 6) is -0.849. The van der Waals surface area contributed by atoms with Crippen LogP contribution in [-0.2, 0) is 9.53 Å². The molecule has 0 aliphatic carbocycles. The van der Waals surface area contributed by atoms with Gasteiger partial charge in [-0.3, -0.25) is 5.21 Å². The summed E-state index contributed by atoms with van der Waals surface area (Å²) in [6, 6.07) is 9.42. The highest BCUT2D eigenvalue weighted by Crippen LogP contribution is 2.44. The number of benzene rings is 2. The van der Waals surface area contributed by atoms with E-state index < -0.39 is 24.1 Å². The fourth-order valence-electron chi connectivity index (χ4n) is 3.63. The molecule has 4 rings (SSSR count). The van der Waals surface area contributed by atoms with Crippen LogP contribution >= 0.6 is 0 Å². The van der Waals surface area contributed by atoms with Crippen molar-refractivity contribution in [3.8, 4) is 11.1 Å². The molecular formula is C19H17FN2O4. The number of halogens is 1. The van der Waals surface area contributed by atoms with Gasteiger partial charge in [-0.2, -0.15) is 5.06 Å².